The summed E-state index contributed by atoms with van der Waals surface area (Å²) in [4.78, 5) is 14.2. The van der Waals surface area contributed by atoms with E-state index in [1.54, 1.807) is 6.07 Å². The summed E-state index contributed by atoms with van der Waals surface area (Å²) in [5.41, 5.74) is 0.772. The first-order valence-electron chi connectivity index (χ1n) is 7.34. The molecule has 0 aliphatic carbocycles. The van der Waals surface area contributed by atoms with Gasteiger partial charge in [0.05, 0.1) is 12.2 Å². The van der Waals surface area contributed by atoms with Crippen molar-refractivity contribution >= 4 is 11.8 Å². The van der Waals surface area contributed by atoms with E-state index in [0.29, 0.717) is 18.3 Å². The van der Waals surface area contributed by atoms with Crippen LogP contribution in [-0.4, -0.2) is 35.6 Å². The molecule has 5 heteroatoms. The molecule has 1 aromatic rings. The minimum absolute atomic E-state index is 0.0318. The second-order valence-electron chi connectivity index (χ2n) is 6.86. The van der Waals surface area contributed by atoms with Crippen LogP contribution in [-0.2, 0) is 10.2 Å². The van der Waals surface area contributed by atoms with E-state index >= 15 is 0 Å². The standard InChI is InChI=1S/C15H25N3O2/c1-11-6-5-7-18(9-11)10-13(19)16-14-8-12(17-20-14)15(2,3)4/h8,11H,5-7,9-10H2,1-4H3,(H,16,19)/t11-/m0/s1. The second kappa shape index (κ2) is 5.95. The van der Waals surface area contributed by atoms with E-state index in [-0.39, 0.29) is 11.3 Å². The van der Waals surface area contributed by atoms with Gasteiger partial charge in [-0.3, -0.25) is 15.0 Å². The molecule has 112 valence electrons. The Morgan fingerprint density at radius 2 is 2.30 bits per heavy atom. The van der Waals surface area contributed by atoms with E-state index in [0.717, 1.165) is 18.8 Å². The first-order valence-corrected chi connectivity index (χ1v) is 7.34. The number of anilines is 1. The Morgan fingerprint density at radius 3 is 2.90 bits per heavy atom. The highest BCUT2D eigenvalue weighted by molar-refractivity contribution is 5.91. The Kier molecular flexibility index (Phi) is 4.48. The van der Waals surface area contributed by atoms with Crippen molar-refractivity contribution in [3.05, 3.63) is 11.8 Å². The minimum Gasteiger partial charge on any atom is -0.338 e. The van der Waals surface area contributed by atoms with Crippen LogP contribution in [0.1, 0.15) is 46.2 Å². The van der Waals surface area contributed by atoms with Crippen LogP contribution in [0, 0.1) is 5.92 Å². The van der Waals surface area contributed by atoms with Gasteiger partial charge in [0.15, 0.2) is 0 Å². The molecule has 0 unspecified atom stereocenters. The number of carbonyl (C=O) groups excluding carboxylic acids is 1. The smallest absolute Gasteiger partial charge is 0.240 e. The number of piperidine rings is 1. The summed E-state index contributed by atoms with van der Waals surface area (Å²) in [5.74, 6) is 1.08. The third-order valence-electron chi connectivity index (χ3n) is 3.65. The molecule has 2 heterocycles. The Morgan fingerprint density at radius 1 is 1.55 bits per heavy atom. The van der Waals surface area contributed by atoms with Crippen LogP contribution < -0.4 is 5.32 Å². The first kappa shape index (κ1) is 15.0. The number of nitrogens with one attached hydrogen (secondary N) is 1. The zero-order valence-electron chi connectivity index (χ0n) is 12.9. The second-order valence-corrected chi connectivity index (χ2v) is 6.86. The number of rotatable bonds is 3. The molecule has 1 saturated heterocycles. The van der Waals surface area contributed by atoms with Gasteiger partial charge in [-0.2, -0.15) is 0 Å². The zero-order chi connectivity index (χ0) is 14.8. The van der Waals surface area contributed by atoms with Crippen LogP contribution in [0.25, 0.3) is 0 Å². The fourth-order valence-electron chi connectivity index (χ4n) is 2.50. The molecular weight excluding hydrogens is 254 g/mol. The molecule has 1 aliphatic heterocycles. The van der Waals surface area contributed by atoms with Gasteiger partial charge in [-0.1, -0.05) is 32.9 Å². The molecule has 1 atom stereocenters. The van der Waals surface area contributed by atoms with Crippen molar-refractivity contribution in [3.63, 3.8) is 0 Å². The number of hydrogen-bond acceptors (Lipinski definition) is 4. The average molecular weight is 279 g/mol. The van der Waals surface area contributed by atoms with Gasteiger partial charge >= 0.3 is 0 Å². The Balaban J connectivity index is 1.86. The molecule has 1 fully saturated rings. The van der Waals surface area contributed by atoms with Gasteiger partial charge in [0.1, 0.15) is 0 Å². The molecule has 0 radical (unpaired) electrons. The summed E-state index contributed by atoms with van der Waals surface area (Å²) < 4.78 is 5.17. The highest BCUT2D eigenvalue weighted by Crippen LogP contribution is 2.23. The predicted molar refractivity (Wildman–Crippen MR) is 78.7 cm³/mol. The molecule has 1 aliphatic rings. The first-order chi connectivity index (χ1) is 9.34. The molecular formula is C15H25N3O2. The lowest BCUT2D eigenvalue weighted by molar-refractivity contribution is -0.117. The molecule has 0 spiro atoms. The molecule has 0 bridgehead atoms. The summed E-state index contributed by atoms with van der Waals surface area (Å²) >= 11 is 0. The fraction of sp³-hybridized carbons (Fsp3) is 0.733. The Bertz CT molecular complexity index is 462. The summed E-state index contributed by atoms with van der Waals surface area (Å²) in [7, 11) is 0. The van der Waals surface area contributed by atoms with Crippen LogP contribution in [0.3, 0.4) is 0 Å². The lowest BCUT2D eigenvalue weighted by atomic mass is 9.92. The summed E-state index contributed by atoms with van der Waals surface area (Å²) in [6.45, 7) is 10.8. The van der Waals surface area contributed by atoms with Crippen LogP contribution in [0.15, 0.2) is 10.6 Å². The van der Waals surface area contributed by atoms with Crippen molar-refractivity contribution in [1.82, 2.24) is 10.1 Å². The lowest BCUT2D eigenvalue weighted by Gasteiger charge is -2.29. The Labute approximate surface area is 120 Å². The molecule has 2 rings (SSSR count). The summed E-state index contributed by atoms with van der Waals surface area (Å²) in [6.07, 6.45) is 2.43. The van der Waals surface area contributed by atoms with E-state index in [2.05, 4.69) is 43.1 Å². The molecule has 1 aromatic heterocycles. The number of aromatic nitrogens is 1. The van der Waals surface area contributed by atoms with Crippen molar-refractivity contribution in [2.45, 2.75) is 46.0 Å². The van der Waals surface area contributed by atoms with Gasteiger partial charge in [-0.25, -0.2) is 0 Å². The van der Waals surface area contributed by atoms with E-state index in [4.69, 9.17) is 4.52 Å². The zero-order valence-corrected chi connectivity index (χ0v) is 12.9. The summed E-state index contributed by atoms with van der Waals surface area (Å²) in [6, 6.07) is 1.80. The summed E-state index contributed by atoms with van der Waals surface area (Å²) in [5, 5.41) is 6.78. The molecule has 5 nitrogen and oxygen atoms in total. The van der Waals surface area contributed by atoms with Crippen molar-refractivity contribution in [1.29, 1.82) is 0 Å². The highest BCUT2D eigenvalue weighted by atomic mass is 16.5. The topological polar surface area (TPSA) is 58.4 Å². The molecule has 1 N–H and O–H groups in total. The van der Waals surface area contributed by atoms with Crippen molar-refractivity contribution in [3.8, 4) is 0 Å². The van der Waals surface area contributed by atoms with Gasteiger partial charge in [0.2, 0.25) is 11.8 Å². The van der Waals surface area contributed by atoms with Gasteiger partial charge in [0, 0.05) is 18.0 Å². The maximum absolute atomic E-state index is 12.0. The van der Waals surface area contributed by atoms with Gasteiger partial charge in [-0.15, -0.1) is 0 Å². The lowest BCUT2D eigenvalue weighted by Crippen LogP contribution is -2.39. The molecule has 20 heavy (non-hydrogen) atoms. The van der Waals surface area contributed by atoms with E-state index < -0.39 is 0 Å². The molecule has 0 saturated carbocycles. The molecule has 0 aromatic carbocycles. The van der Waals surface area contributed by atoms with Crippen molar-refractivity contribution < 1.29 is 9.32 Å². The maximum Gasteiger partial charge on any atom is 0.240 e. The van der Waals surface area contributed by atoms with Crippen LogP contribution in [0.4, 0.5) is 5.88 Å². The van der Waals surface area contributed by atoms with Gasteiger partial charge in [-0.05, 0) is 25.3 Å². The third kappa shape index (κ3) is 4.07. The van der Waals surface area contributed by atoms with Crippen molar-refractivity contribution in [2.24, 2.45) is 5.92 Å². The molecule has 1 amide bonds. The third-order valence-corrected chi connectivity index (χ3v) is 3.65. The van der Waals surface area contributed by atoms with E-state index in [1.807, 2.05) is 0 Å². The monoisotopic (exact) mass is 279 g/mol. The average Bonchev–Trinajstić information content (AvgIpc) is 2.76. The number of amides is 1. The van der Waals surface area contributed by atoms with Crippen LogP contribution in [0.5, 0.6) is 0 Å². The van der Waals surface area contributed by atoms with Crippen LogP contribution in [0.2, 0.25) is 0 Å². The quantitative estimate of drug-likeness (QED) is 0.924. The number of hydrogen-bond donors (Lipinski definition) is 1. The largest absolute Gasteiger partial charge is 0.338 e. The van der Waals surface area contributed by atoms with E-state index in [9.17, 15) is 4.79 Å². The number of likely N-dealkylation sites (tertiary alicyclic amines) is 1. The SMILES string of the molecule is C[C@H]1CCCN(CC(=O)Nc2cc(C(C)(C)C)no2)C1. The fourth-order valence-corrected chi connectivity index (χ4v) is 2.50. The predicted octanol–water partition coefficient (Wildman–Crippen LogP) is 2.64. The highest BCUT2D eigenvalue weighted by Gasteiger charge is 2.21. The van der Waals surface area contributed by atoms with Crippen molar-refractivity contribution in [2.75, 3.05) is 25.0 Å². The van der Waals surface area contributed by atoms with Gasteiger partial charge < -0.3 is 4.52 Å². The van der Waals surface area contributed by atoms with Crippen LogP contribution >= 0.6 is 0 Å². The Hall–Kier alpha value is -1.36. The minimum atomic E-state index is -0.0746. The van der Waals surface area contributed by atoms with E-state index in [1.165, 1.54) is 12.8 Å². The maximum atomic E-state index is 12.0. The number of nitrogens with zero attached hydrogens (tertiary/aromatic N) is 2. The van der Waals surface area contributed by atoms with Gasteiger partial charge in [0.25, 0.3) is 0 Å². The number of carbonyl (C=O) groups is 1. The normalized spacial score (nSPS) is 20.9.